The summed E-state index contributed by atoms with van der Waals surface area (Å²) in [4.78, 5) is 25.1. The van der Waals surface area contributed by atoms with E-state index in [1.165, 1.54) is 13.2 Å². The van der Waals surface area contributed by atoms with E-state index >= 15 is 0 Å². The zero-order valence-electron chi connectivity index (χ0n) is 16.8. The number of hydrogen-bond donors (Lipinski definition) is 1. The van der Waals surface area contributed by atoms with Crippen molar-refractivity contribution in [1.82, 2.24) is 0 Å². The summed E-state index contributed by atoms with van der Waals surface area (Å²) in [7, 11) is 1.53. The predicted octanol–water partition coefficient (Wildman–Crippen LogP) is 5.77. The number of benzene rings is 3. The number of methoxy groups -OCH3 is 1. The number of nitrogens with one attached hydrogen (secondary N) is 1. The summed E-state index contributed by atoms with van der Waals surface area (Å²) in [6.45, 7) is 0. The lowest BCUT2D eigenvalue weighted by Crippen LogP contribution is -2.14. The van der Waals surface area contributed by atoms with Crippen molar-refractivity contribution in [2.24, 2.45) is 0 Å². The van der Waals surface area contributed by atoms with E-state index in [4.69, 9.17) is 32.7 Å². The third-order valence-corrected chi connectivity index (χ3v) is 4.94. The highest BCUT2D eigenvalue weighted by molar-refractivity contribution is 6.40. The van der Waals surface area contributed by atoms with E-state index < -0.39 is 11.9 Å². The fourth-order valence-electron chi connectivity index (χ4n) is 2.68. The molecule has 0 heterocycles. The topological polar surface area (TPSA) is 88.4 Å². The number of para-hydroxylation sites is 2. The smallest absolute Gasteiger partial charge is 0.343 e. The van der Waals surface area contributed by atoms with E-state index in [0.29, 0.717) is 16.9 Å². The number of esters is 1. The van der Waals surface area contributed by atoms with Gasteiger partial charge in [0.2, 0.25) is 0 Å². The van der Waals surface area contributed by atoms with Crippen molar-refractivity contribution in [2.45, 2.75) is 0 Å². The lowest BCUT2D eigenvalue weighted by atomic mass is 10.1. The van der Waals surface area contributed by atoms with Crippen molar-refractivity contribution in [1.29, 1.82) is 5.26 Å². The first-order valence-corrected chi connectivity index (χ1v) is 10.0. The van der Waals surface area contributed by atoms with E-state index in [-0.39, 0.29) is 27.1 Å². The minimum atomic E-state index is -0.709. The molecule has 0 saturated carbocycles. The molecular weight excluding hydrogens is 451 g/mol. The Morgan fingerprint density at radius 3 is 2.25 bits per heavy atom. The molecule has 0 radical (unpaired) electrons. The third kappa shape index (κ3) is 5.46. The molecule has 3 aromatic rings. The van der Waals surface area contributed by atoms with Crippen molar-refractivity contribution in [2.75, 3.05) is 12.4 Å². The van der Waals surface area contributed by atoms with Gasteiger partial charge in [-0.15, -0.1) is 0 Å². The molecule has 160 valence electrons. The molecule has 8 heteroatoms. The normalized spacial score (nSPS) is 10.8. The number of carbonyl (C=O) groups is 2. The van der Waals surface area contributed by atoms with Crippen LogP contribution in [0.15, 0.2) is 72.3 Å². The molecule has 0 atom stereocenters. The molecular formula is C24H16Cl2N2O4. The van der Waals surface area contributed by atoms with Gasteiger partial charge in [0.25, 0.3) is 5.91 Å². The van der Waals surface area contributed by atoms with Crippen molar-refractivity contribution < 1.29 is 19.1 Å². The maximum absolute atomic E-state index is 12.6. The number of halogens is 2. The molecule has 6 nitrogen and oxygen atoms in total. The number of nitriles is 1. The minimum absolute atomic E-state index is 0.185. The highest BCUT2D eigenvalue weighted by Crippen LogP contribution is 2.30. The molecule has 0 spiro atoms. The number of ether oxygens (including phenoxy) is 2. The molecule has 3 rings (SSSR count). The zero-order chi connectivity index (χ0) is 23.1. The Morgan fingerprint density at radius 1 is 0.969 bits per heavy atom. The lowest BCUT2D eigenvalue weighted by molar-refractivity contribution is -0.112. The summed E-state index contributed by atoms with van der Waals surface area (Å²) >= 11 is 12.1. The Bertz CT molecular complexity index is 1210. The van der Waals surface area contributed by atoms with Crippen LogP contribution in [0.5, 0.6) is 11.5 Å². The number of carbonyl (C=O) groups excluding carboxylic acids is 2. The molecule has 0 fully saturated rings. The minimum Gasteiger partial charge on any atom is -0.497 e. The van der Waals surface area contributed by atoms with Gasteiger partial charge >= 0.3 is 5.97 Å². The van der Waals surface area contributed by atoms with Gasteiger partial charge in [0.1, 0.15) is 23.1 Å². The first-order chi connectivity index (χ1) is 15.4. The molecule has 0 saturated heterocycles. The van der Waals surface area contributed by atoms with E-state index in [0.717, 1.165) is 0 Å². The van der Waals surface area contributed by atoms with Crippen molar-refractivity contribution in [3.8, 4) is 17.6 Å². The van der Waals surface area contributed by atoms with Crippen LogP contribution in [-0.4, -0.2) is 19.0 Å². The van der Waals surface area contributed by atoms with E-state index in [1.807, 2.05) is 6.07 Å². The maximum atomic E-state index is 12.6. The molecule has 0 aliphatic rings. The number of rotatable bonds is 6. The second-order valence-corrected chi connectivity index (χ2v) is 7.19. The molecule has 3 aromatic carbocycles. The lowest BCUT2D eigenvalue weighted by Gasteiger charge is -2.10. The average molecular weight is 467 g/mol. The number of hydrogen-bond acceptors (Lipinski definition) is 5. The molecule has 0 bridgehead atoms. The monoisotopic (exact) mass is 466 g/mol. The van der Waals surface area contributed by atoms with Crippen LogP contribution in [0.4, 0.5) is 5.69 Å². The van der Waals surface area contributed by atoms with Gasteiger partial charge in [-0.1, -0.05) is 47.5 Å². The molecule has 1 amide bonds. The van der Waals surface area contributed by atoms with E-state index in [1.54, 1.807) is 66.7 Å². The van der Waals surface area contributed by atoms with Crippen molar-refractivity contribution in [3.63, 3.8) is 0 Å². The van der Waals surface area contributed by atoms with Gasteiger partial charge in [0, 0.05) is 5.56 Å². The highest BCUT2D eigenvalue weighted by atomic mass is 35.5. The third-order valence-electron chi connectivity index (χ3n) is 4.31. The fourth-order valence-corrected chi connectivity index (χ4v) is 3.17. The summed E-state index contributed by atoms with van der Waals surface area (Å²) in [5, 5.41) is 12.5. The van der Waals surface area contributed by atoms with Gasteiger partial charge in [0.05, 0.1) is 28.4 Å². The number of anilines is 1. The highest BCUT2D eigenvalue weighted by Gasteiger charge is 2.16. The second-order valence-electron chi connectivity index (χ2n) is 6.38. The van der Waals surface area contributed by atoms with E-state index in [2.05, 4.69) is 5.32 Å². The maximum Gasteiger partial charge on any atom is 0.343 e. The van der Waals surface area contributed by atoms with Gasteiger partial charge in [-0.05, 0) is 48.5 Å². The van der Waals surface area contributed by atoms with E-state index in [9.17, 15) is 14.9 Å². The van der Waals surface area contributed by atoms with Gasteiger partial charge in [-0.2, -0.15) is 5.26 Å². The molecule has 1 N–H and O–H groups in total. The van der Waals surface area contributed by atoms with Crippen molar-refractivity contribution in [3.05, 3.63) is 93.5 Å². The first-order valence-electron chi connectivity index (χ1n) is 9.25. The quantitative estimate of drug-likeness (QED) is 0.215. The Kier molecular flexibility index (Phi) is 7.50. The average Bonchev–Trinajstić information content (AvgIpc) is 2.80. The Balaban J connectivity index is 1.84. The Hall–Kier alpha value is -3.79. The zero-order valence-corrected chi connectivity index (χ0v) is 18.3. The summed E-state index contributed by atoms with van der Waals surface area (Å²) in [5.41, 5.74) is 0.651. The van der Waals surface area contributed by atoms with Crippen LogP contribution in [0, 0.1) is 11.3 Å². The van der Waals surface area contributed by atoms with Crippen LogP contribution < -0.4 is 14.8 Å². The SMILES string of the molecule is COc1ccc(C(=O)Oc2ccccc2/C=C(\C#N)C(=O)Nc2c(Cl)cccc2Cl)cc1. The Labute approximate surface area is 194 Å². The van der Waals surface area contributed by atoms with Gasteiger partial charge in [0.15, 0.2) is 0 Å². The molecule has 0 aliphatic carbocycles. The first kappa shape index (κ1) is 22.9. The van der Waals surface area contributed by atoms with Crippen LogP contribution in [-0.2, 0) is 4.79 Å². The van der Waals surface area contributed by atoms with Gasteiger partial charge in [-0.3, -0.25) is 4.79 Å². The van der Waals surface area contributed by atoms with Gasteiger partial charge < -0.3 is 14.8 Å². The summed E-state index contributed by atoms with van der Waals surface area (Å²) in [6, 6.07) is 19.6. The standard InChI is InChI=1S/C24H16Cl2N2O4/c1-31-18-11-9-15(10-12-18)24(30)32-21-8-3-2-5-16(21)13-17(14-27)23(29)28-22-19(25)6-4-7-20(22)26/h2-13H,1H3,(H,28,29)/b17-13+. The summed E-state index contributed by atoms with van der Waals surface area (Å²) in [6.07, 6.45) is 1.32. The number of nitrogens with zero attached hydrogens (tertiary/aromatic N) is 1. The number of amides is 1. The second kappa shape index (κ2) is 10.5. The molecule has 0 unspecified atom stereocenters. The predicted molar refractivity (Wildman–Crippen MR) is 123 cm³/mol. The van der Waals surface area contributed by atoms with Crippen LogP contribution >= 0.6 is 23.2 Å². The molecule has 0 aliphatic heterocycles. The van der Waals surface area contributed by atoms with Crippen molar-refractivity contribution >= 4 is 46.8 Å². The molecule has 32 heavy (non-hydrogen) atoms. The fraction of sp³-hybridized carbons (Fsp3) is 0.0417. The van der Waals surface area contributed by atoms with Gasteiger partial charge in [-0.25, -0.2) is 4.79 Å². The van der Waals surface area contributed by atoms with Crippen LogP contribution in [0.25, 0.3) is 6.08 Å². The van der Waals surface area contributed by atoms with Crippen LogP contribution in [0.1, 0.15) is 15.9 Å². The van der Waals surface area contributed by atoms with Crippen LogP contribution in [0.3, 0.4) is 0 Å². The molecule has 0 aromatic heterocycles. The largest absolute Gasteiger partial charge is 0.497 e. The summed E-state index contributed by atoms with van der Waals surface area (Å²) in [5.74, 6) is -0.518. The summed E-state index contributed by atoms with van der Waals surface area (Å²) < 4.78 is 10.6. The Morgan fingerprint density at radius 2 is 1.62 bits per heavy atom. The van der Waals surface area contributed by atoms with Crippen LogP contribution in [0.2, 0.25) is 10.0 Å².